The molecular weight excluding hydrogens is 424 g/mol. The summed E-state index contributed by atoms with van der Waals surface area (Å²) in [5.74, 6) is 1.53. The van der Waals surface area contributed by atoms with E-state index in [2.05, 4.69) is 6.92 Å². The summed E-state index contributed by atoms with van der Waals surface area (Å²) in [6, 6.07) is 18.9. The Labute approximate surface area is 191 Å². The number of carbonyl (C=O) groups is 1. The third-order valence-electron chi connectivity index (χ3n) is 5.72. The van der Waals surface area contributed by atoms with Gasteiger partial charge in [0.1, 0.15) is 24.2 Å². The van der Waals surface area contributed by atoms with Crippen LogP contribution in [0.2, 0.25) is 5.02 Å². The van der Waals surface area contributed by atoms with E-state index >= 15 is 0 Å². The summed E-state index contributed by atoms with van der Waals surface area (Å²) in [6.07, 6.45) is 3.96. The Hall–Kier alpha value is -3.38. The van der Waals surface area contributed by atoms with Gasteiger partial charge in [-0.25, -0.2) is 9.99 Å². The molecule has 0 saturated heterocycles. The summed E-state index contributed by atoms with van der Waals surface area (Å²) in [5.41, 5.74) is 3.64. The molecule has 0 radical (unpaired) electrons. The van der Waals surface area contributed by atoms with Gasteiger partial charge in [-0.2, -0.15) is 5.10 Å². The first-order chi connectivity index (χ1) is 15.6. The van der Waals surface area contributed by atoms with Gasteiger partial charge in [0.25, 0.3) is 5.91 Å². The third kappa shape index (κ3) is 3.82. The summed E-state index contributed by atoms with van der Waals surface area (Å²) < 4.78 is 7.67. The standard InChI is InChI=1S/C25H23ClN4O2/c1-2-6-24-27-19-7-3-4-8-21(19)29(24)16-25(31)30-22(23-9-5-14-32-23)15-20(28-30)17-10-12-18(26)13-11-17/h3-5,7-14,22H,2,6,15-16H2,1H3. The number of aryl methyl sites for hydroxylation is 1. The van der Waals surface area contributed by atoms with E-state index in [9.17, 15) is 4.79 Å². The number of hydrazone groups is 1. The monoisotopic (exact) mass is 446 g/mol. The van der Waals surface area contributed by atoms with Gasteiger partial charge in [-0.3, -0.25) is 4.79 Å². The molecule has 3 heterocycles. The van der Waals surface area contributed by atoms with Crippen LogP contribution in [0.3, 0.4) is 0 Å². The third-order valence-corrected chi connectivity index (χ3v) is 5.97. The molecule has 162 valence electrons. The molecule has 7 heteroatoms. The van der Waals surface area contributed by atoms with Gasteiger partial charge >= 0.3 is 0 Å². The molecule has 1 atom stereocenters. The van der Waals surface area contributed by atoms with Gasteiger partial charge in [0.15, 0.2) is 0 Å². The molecule has 0 bridgehead atoms. The smallest absolute Gasteiger partial charge is 0.263 e. The fraction of sp³-hybridized carbons (Fsp3) is 0.240. The van der Waals surface area contributed by atoms with Crippen LogP contribution < -0.4 is 0 Å². The fourth-order valence-electron chi connectivity index (χ4n) is 4.18. The van der Waals surface area contributed by atoms with Gasteiger partial charge in [-0.15, -0.1) is 0 Å². The summed E-state index contributed by atoms with van der Waals surface area (Å²) in [7, 11) is 0. The predicted octanol–water partition coefficient (Wildman–Crippen LogP) is 5.61. The van der Waals surface area contributed by atoms with Crippen LogP contribution in [0.5, 0.6) is 0 Å². The molecule has 5 rings (SSSR count). The van der Waals surface area contributed by atoms with Crippen molar-refractivity contribution in [3.05, 3.63) is 89.1 Å². The number of furan rings is 1. The lowest BCUT2D eigenvalue weighted by Crippen LogP contribution is -2.30. The molecule has 0 saturated carbocycles. The first kappa shape index (κ1) is 20.5. The highest BCUT2D eigenvalue weighted by molar-refractivity contribution is 6.30. The number of hydrogen-bond donors (Lipinski definition) is 0. The minimum Gasteiger partial charge on any atom is -0.467 e. The average molecular weight is 447 g/mol. The van der Waals surface area contributed by atoms with E-state index < -0.39 is 0 Å². The number of nitrogens with zero attached hydrogens (tertiary/aromatic N) is 4. The largest absolute Gasteiger partial charge is 0.467 e. The van der Waals surface area contributed by atoms with Crippen molar-refractivity contribution in [2.45, 2.75) is 38.8 Å². The van der Waals surface area contributed by atoms with Crippen molar-refractivity contribution in [1.29, 1.82) is 0 Å². The number of fused-ring (bicyclic) bond motifs is 1. The van der Waals surface area contributed by atoms with Crippen molar-refractivity contribution in [3.63, 3.8) is 0 Å². The molecule has 6 nitrogen and oxygen atoms in total. The van der Waals surface area contributed by atoms with Crippen LogP contribution in [0.25, 0.3) is 11.0 Å². The Balaban J connectivity index is 1.50. The average Bonchev–Trinajstić information content (AvgIpc) is 3.54. The molecule has 1 aliphatic heterocycles. The molecule has 0 N–H and O–H groups in total. The van der Waals surface area contributed by atoms with E-state index in [4.69, 9.17) is 26.1 Å². The van der Waals surface area contributed by atoms with Crippen molar-refractivity contribution in [2.24, 2.45) is 5.10 Å². The quantitative estimate of drug-likeness (QED) is 0.386. The SMILES string of the molecule is CCCc1nc2ccccc2n1CC(=O)N1N=C(c2ccc(Cl)cc2)CC1c1ccco1. The zero-order chi connectivity index (χ0) is 22.1. The van der Waals surface area contributed by atoms with Gasteiger partial charge in [0, 0.05) is 17.9 Å². The highest BCUT2D eigenvalue weighted by Crippen LogP contribution is 2.34. The number of hydrogen-bond acceptors (Lipinski definition) is 4. The lowest BCUT2D eigenvalue weighted by Gasteiger charge is -2.21. The highest BCUT2D eigenvalue weighted by atomic mass is 35.5. The minimum atomic E-state index is -0.285. The van der Waals surface area contributed by atoms with Crippen molar-refractivity contribution < 1.29 is 9.21 Å². The fourth-order valence-corrected chi connectivity index (χ4v) is 4.31. The number of imidazole rings is 1. The Morgan fingerprint density at radius 3 is 2.69 bits per heavy atom. The van der Waals surface area contributed by atoms with E-state index in [-0.39, 0.29) is 18.5 Å². The number of aromatic nitrogens is 2. The maximum Gasteiger partial charge on any atom is 0.263 e. The normalized spacial score (nSPS) is 16.0. The van der Waals surface area contributed by atoms with Gasteiger partial charge in [0.05, 0.1) is 23.0 Å². The molecule has 1 unspecified atom stereocenters. The summed E-state index contributed by atoms with van der Waals surface area (Å²) in [4.78, 5) is 18.3. The molecule has 0 fully saturated rings. The lowest BCUT2D eigenvalue weighted by molar-refractivity contribution is -0.134. The summed E-state index contributed by atoms with van der Waals surface area (Å²) in [6.45, 7) is 2.28. The zero-order valence-electron chi connectivity index (χ0n) is 17.7. The van der Waals surface area contributed by atoms with Crippen molar-refractivity contribution in [3.8, 4) is 0 Å². The molecule has 32 heavy (non-hydrogen) atoms. The molecule has 2 aromatic heterocycles. The van der Waals surface area contributed by atoms with Crippen LogP contribution in [0.15, 0.2) is 76.4 Å². The Bertz CT molecular complexity index is 1280. The maximum absolute atomic E-state index is 13.6. The van der Waals surface area contributed by atoms with Crippen molar-refractivity contribution in [1.82, 2.24) is 14.6 Å². The van der Waals surface area contributed by atoms with Crippen molar-refractivity contribution in [2.75, 3.05) is 0 Å². The summed E-state index contributed by atoms with van der Waals surface area (Å²) >= 11 is 6.05. The lowest BCUT2D eigenvalue weighted by atomic mass is 10.0. The van der Waals surface area contributed by atoms with Gasteiger partial charge < -0.3 is 8.98 Å². The predicted molar refractivity (Wildman–Crippen MR) is 125 cm³/mol. The van der Waals surface area contributed by atoms with Crippen LogP contribution in [-0.4, -0.2) is 26.2 Å². The second-order valence-corrected chi connectivity index (χ2v) is 8.32. The minimum absolute atomic E-state index is 0.101. The molecule has 0 spiro atoms. The molecule has 2 aromatic carbocycles. The number of amides is 1. The molecule has 4 aromatic rings. The van der Waals surface area contributed by atoms with Crippen LogP contribution >= 0.6 is 11.6 Å². The second kappa shape index (κ2) is 8.63. The van der Waals surface area contributed by atoms with Crippen LogP contribution in [0.1, 0.15) is 43.0 Å². The highest BCUT2D eigenvalue weighted by Gasteiger charge is 2.35. The van der Waals surface area contributed by atoms with Crippen LogP contribution in [0, 0.1) is 0 Å². The van der Waals surface area contributed by atoms with E-state index in [0.717, 1.165) is 46.7 Å². The molecule has 1 amide bonds. The maximum atomic E-state index is 13.6. The first-order valence-corrected chi connectivity index (χ1v) is 11.1. The number of rotatable bonds is 6. The van der Waals surface area contributed by atoms with Crippen molar-refractivity contribution >= 4 is 34.3 Å². The topological polar surface area (TPSA) is 63.6 Å². The molecule has 0 aliphatic carbocycles. The second-order valence-electron chi connectivity index (χ2n) is 7.88. The van der Waals surface area contributed by atoms with Gasteiger partial charge in [0.2, 0.25) is 0 Å². The van der Waals surface area contributed by atoms with Crippen LogP contribution in [0.4, 0.5) is 0 Å². The van der Waals surface area contributed by atoms with E-state index in [1.165, 1.54) is 0 Å². The van der Waals surface area contributed by atoms with E-state index in [1.807, 2.05) is 65.2 Å². The van der Waals surface area contributed by atoms with Gasteiger partial charge in [-0.05, 0) is 48.4 Å². The van der Waals surface area contributed by atoms with E-state index in [1.54, 1.807) is 11.3 Å². The number of benzene rings is 2. The Kier molecular flexibility index (Phi) is 5.53. The summed E-state index contributed by atoms with van der Waals surface area (Å²) in [5, 5.41) is 6.95. The molecular formula is C25H23ClN4O2. The van der Waals surface area contributed by atoms with Crippen LogP contribution in [-0.2, 0) is 17.8 Å². The van der Waals surface area contributed by atoms with Gasteiger partial charge in [-0.1, -0.05) is 42.8 Å². The first-order valence-electron chi connectivity index (χ1n) is 10.8. The number of para-hydroxylation sites is 2. The number of halogens is 1. The number of carbonyl (C=O) groups excluding carboxylic acids is 1. The Morgan fingerprint density at radius 2 is 1.94 bits per heavy atom. The zero-order valence-corrected chi connectivity index (χ0v) is 18.5. The Morgan fingerprint density at radius 1 is 1.12 bits per heavy atom. The molecule has 1 aliphatic rings. The van der Waals surface area contributed by atoms with E-state index in [0.29, 0.717) is 11.4 Å².